The third kappa shape index (κ3) is 4.66. The van der Waals surface area contributed by atoms with E-state index in [4.69, 9.17) is 0 Å². The number of aryl methyl sites for hydroxylation is 1. The first-order chi connectivity index (χ1) is 16.2. The third-order valence-corrected chi connectivity index (χ3v) is 6.31. The van der Waals surface area contributed by atoms with E-state index in [0.29, 0.717) is 49.5 Å². The number of amides is 2. The van der Waals surface area contributed by atoms with Gasteiger partial charge in [-0.15, -0.1) is 18.3 Å². The molecular weight excluding hydrogens is 453 g/mol. The largest absolute Gasteiger partial charge is 0.573 e. The van der Waals surface area contributed by atoms with E-state index in [0.717, 1.165) is 5.56 Å². The van der Waals surface area contributed by atoms with Gasteiger partial charge in [-0.25, -0.2) is 4.98 Å². The number of nitrogens with zero attached hydrogens (tertiary/aromatic N) is 5. The summed E-state index contributed by atoms with van der Waals surface area (Å²) in [6.45, 7) is 2.29. The number of hydrogen-bond donors (Lipinski definition) is 1. The Labute approximate surface area is 191 Å². The van der Waals surface area contributed by atoms with Crippen molar-refractivity contribution in [3.05, 3.63) is 47.7 Å². The summed E-state index contributed by atoms with van der Waals surface area (Å²) in [6.07, 6.45) is -4.03. The predicted octanol–water partition coefficient (Wildman–Crippen LogP) is 2.41. The van der Waals surface area contributed by atoms with Crippen LogP contribution in [0.1, 0.15) is 22.5 Å². The zero-order valence-corrected chi connectivity index (χ0v) is 18.0. The van der Waals surface area contributed by atoms with Gasteiger partial charge in [0.2, 0.25) is 11.6 Å². The minimum Gasteiger partial charge on any atom is -0.406 e. The van der Waals surface area contributed by atoms with Gasteiger partial charge in [-0.2, -0.15) is 10.3 Å². The zero-order valence-electron chi connectivity index (χ0n) is 18.0. The molecule has 0 aliphatic carbocycles. The minimum atomic E-state index is -4.73. The first kappa shape index (κ1) is 22.1. The number of ether oxygens (including phenoxy) is 1. The molecule has 0 unspecified atom stereocenters. The first-order valence-electron chi connectivity index (χ1n) is 10.8. The van der Waals surface area contributed by atoms with Crippen LogP contribution in [-0.2, 0) is 11.2 Å². The van der Waals surface area contributed by atoms with Crippen LogP contribution in [0.4, 0.5) is 13.2 Å². The molecule has 1 N–H and O–H groups in total. The van der Waals surface area contributed by atoms with Crippen molar-refractivity contribution >= 4 is 23.0 Å². The molecule has 0 bridgehead atoms. The van der Waals surface area contributed by atoms with Crippen LogP contribution in [0.25, 0.3) is 11.2 Å². The molecule has 0 saturated carbocycles. The summed E-state index contributed by atoms with van der Waals surface area (Å²) >= 11 is 0. The standard InChI is InChI=1S/C22H21F3N6O3/c23-22(24,25)34-16-4-1-13(2-5-16)3-8-19(32)30-9-14-11-31(12-15(14)10-30)21(33)18-7-6-17-20(26-18)28-29-27-17/h1-2,4-7,14-15H,3,8-12H2,(H,26,27,28,29)/t14-,15-/m1/s1. The average molecular weight is 474 g/mol. The number of likely N-dealkylation sites (tertiary alicyclic amines) is 2. The SMILES string of the molecule is O=C(CCc1ccc(OC(F)(F)F)cc1)N1C[C@@H]2CN(C(=O)c3ccc4n[nH]nc4n3)C[C@H]2C1. The average Bonchev–Trinajstić information content (AvgIpc) is 3.51. The van der Waals surface area contributed by atoms with Gasteiger partial charge in [-0.1, -0.05) is 12.1 Å². The van der Waals surface area contributed by atoms with E-state index in [1.165, 1.54) is 24.3 Å². The van der Waals surface area contributed by atoms with Crippen molar-refractivity contribution in [3.8, 4) is 5.75 Å². The van der Waals surface area contributed by atoms with Crippen molar-refractivity contribution in [2.75, 3.05) is 26.2 Å². The second-order valence-corrected chi connectivity index (χ2v) is 8.58. The number of H-pyrrole nitrogens is 1. The van der Waals surface area contributed by atoms with Gasteiger partial charge in [0.25, 0.3) is 5.91 Å². The van der Waals surface area contributed by atoms with Crippen molar-refractivity contribution in [2.45, 2.75) is 19.2 Å². The highest BCUT2D eigenvalue weighted by atomic mass is 19.4. The molecule has 9 nitrogen and oxygen atoms in total. The van der Waals surface area contributed by atoms with Crippen molar-refractivity contribution in [3.63, 3.8) is 0 Å². The molecule has 1 aromatic carbocycles. The third-order valence-electron chi connectivity index (χ3n) is 6.31. The van der Waals surface area contributed by atoms with E-state index in [1.807, 2.05) is 4.90 Å². The number of rotatable bonds is 5. The number of hydrogen-bond acceptors (Lipinski definition) is 6. The smallest absolute Gasteiger partial charge is 0.406 e. The molecule has 0 spiro atoms. The van der Waals surface area contributed by atoms with Gasteiger partial charge in [0.1, 0.15) is 17.0 Å². The number of carbonyl (C=O) groups excluding carboxylic acids is 2. The minimum absolute atomic E-state index is 0.000968. The number of nitrogens with one attached hydrogen (secondary N) is 1. The normalized spacial score (nSPS) is 20.1. The van der Waals surface area contributed by atoms with Crippen molar-refractivity contribution in [1.29, 1.82) is 0 Å². The Morgan fingerprint density at radius 1 is 0.971 bits per heavy atom. The van der Waals surface area contributed by atoms with Crippen LogP contribution >= 0.6 is 0 Å². The maximum absolute atomic E-state index is 12.9. The number of aromatic nitrogens is 4. The topological polar surface area (TPSA) is 104 Å². The predicted molar refractivity (Wildman–Crippen MR) is 113 cm³/mol. The lowest BCUT2D eigenvalue weighted by Gasteiger charge is -2.21. The first-order valence-corrected chi connectivity index (χ1v) is 10.8. The Bertz CT molecular complexity index is 1200. The Kier molecular flexibility index (Phi) is 5.58. The highest BCUT2D eigenvalue weighted by Crippen LogP contribution is 2.32. The van der Waals surface area contributed by atoms with E-state index >= 15 is 0 Å². The molecule has 2 fully saturated rings. The molecular formula is C22H21F3N6O3. The quantitative estimate of drug-likeness (QED) is 0.609. The highest BCUT2D eigenvalue weighted by Gasteiger charge is 2.43. The van der Waals surface area contributed by atoms with Gasteiger partial charge in [-0.3, -0.25) is 9.59 Å². The van der Waals surface area contributed by atoms with Crippen LogP contribution in [0.2, 0.25) is 0 Å². The summed E-state index contributed by atoms with van der Waals surface area (Å²) in [4.78, 5) is 33.4. The lowest BCUT2D eigenvalue weighted by atomic mass is 10.0. The fourth-order valence-corrected chi connectivity index (χ4v) is 4.65. The number of carbonyl (C=O) groups is 2. The van der Waals surface area contributed by atoms with Gasteiger partial charge in [0.15, 0.2) is 0 Å². The Morgan fingerprint density at radius 3 is 2.32 bits per heavy atom. The maximum atomic E-state index is 12.9. The molecule has 2 atom stereocenters. The zero-order chi connectivity index (χ0) is 23.9. The fraction of sp³-hybridized carbons (Fsp3) is 0.409. The lowest BCUT2D eigenvalue weighted by Crippen LogP contribution is -2.36. The molecule has 2 saturated heterocycles. The number of halogens is 3. The van der Waals surface area contributed by atoms with Crippen LogP contribution in [0.5, 0.6) is 5.75 Å². The Morgan fingerprint density at radius 2 is 1.65 bits per heavy atom. The molecule has 2 aliphatic heterocycles. The van der Waals surface area contributed by atoms with Crippen LogP contribution in [0.15, 0.2) is 36.4 Å². The lowest BCUT2D eigenvalue weighted by molar-refractivity contribution is -0.274. The van der Waals surface area contributed by atoms with Crippen molar-refractivity contribution < 1.29 is 27.5 Å². The van der Waals surface area contributed by atoms with Crippen LogP contribution in [0.3, 0.4) is 0 Å². The molecule has 34 heavy (non-hydrogen) atoms. The van der Waals surface area contributed by atoms with Crippen LogP contribution in [0, 0.1) is 11.8 Å². The summed E-state index contributed by atoms with van der Waals surface area (Å²) < 4.78 is 40.6. The summed E-state index contributed by atoms with van der Waals surface area (Å²) in [5.74, 6) is -0.0219. The van der Waals surface area contributed by atoms with Crippen LogP contribution in [-0.4, -0.2) is 74.6 Å². The van der Waals surface area contributed by atoms with E-state index in [9.17, 15) is 22.8 Å². The van der Waals surface area contributed by atoms with Crippen LogP contribution < -0.4 is 4.74 Å². The number of benzene rings is 1. The number of aromatic amines is 1. The molecule has 4 heterocycles. The molecule has 12 heteroatoms. The van der Waals surface area contributed by atoms with Gasteiger partial charge >= 0.3 is 6.36 Å². The Balaban J connectivity index is 1.11. The molecule has 3 aromatic rings. The maximum Gasteiger partial charge on any atom is 0.573 e. The van der Waals surface area contributed by atoms with Gasteiger partial charge in [-0.05, 0) is 36.2 Å². The monoisotopic (exact) mass is 474 g/mol. The van der Waals surface area contributed by atoms with Gasteiger partial charge < -0.3 is 14.5 Å². The second-order valence-electron chi connectivity index (χ2n) is 8.58. The molecule has 2 amide bonds. The van der Waals surface area contributed by atoms with Crippen molar-refractivity contribution in [2.24, 2.45) is 11.8 Å². The Hall–Kier alpha value is -3.70. The van der Waals surface area contributed by atoms with E-state index in [-0.39, 0.29) is 35.8 Å². The summed E-state index contributed by atoms with van der Waals surface area (Å²) in [6, 6.07) is 8.89. The molecule has 2 aromatic heterocycles. The number of alkyl halides is 3. The molecule has 178 valence electrons. The highest BCUT2D eigenvalue weighted by molar-refractivity contribution is 5.94. The summed E-state index contributed by atoms with van der Waals surface area (Å²) in [5, 5.41) is 10.3. The fourth-order valence-electron chi connectivity index (χ4n) is 4.65. The molecule has 0 radical (unpaired) electrons. The number of pyridine rings is 1. The second kappa shape index (κ2) is 8.58. The van der Waals surface area contributed by atoms with Gasteiger partial charge in [0.05, 0.1) is 0 Å². The van der Waals surface area contributed by atoms with E-state index < -0.39 is 6.36 Å². The van der Waals surface area contributed by atoms with Crippen molar-refractivity contribution in [1.82, 2.24) is 30.2 Å². The summed E-state index contributed by atoms with van der Waals surface area (Å²) in [5.41, 5.74) is 2.07. The molecule has 2 aliphatic rings. The number of fused-ring (bicyclic) bond motifs is 2. The molecule has 5 rings (SSSR count). The summed E-state index contributed by atoms with van der Waals surface area (Å²) in [7, 11) is 0. The van der Waals surface area contributed by atoms with Gasteiger partial charge in [0, 0.05) is 44.4 Å². The van der Waals surface area contributed by atoms with E-state index in [1.54, 1.807) is 17.0 Å². The van der Waals surface area contributed by atoms with E-state index in [2.05, 4.69) is 25.1 Å².